The Morgan fingerprint density at radius 1 is 0.558 bits per heavy atom. The standard InChI is InChI=1S/C33H30O10/c34-23-12-8-18(14-25(23)36)6-10-21-16-27(38)30(32(40)42-21)29(20-4-2-1-3-5-20)31-28(39)17-22(43-33(31)41)11-7-19-9-13-24(35)26(37)15-19/h6-17,20,29,34-39H,1-5H2. The summed E-state index contributed by atoms with van der Waals surface area (Å²) in [4.78, 5) is 26.7. The van der Waals surface area contributed by atoms with E-state index in [1.165, 1.54) is 72.8 Å². The van der Waals surface area contributed by atoms with Crippen LogP contribution in [0.5, 0.6) is 34.5 Å². The van der Waals surface area contributed by atoms with Crippen LogP contribution in [-0.4, -0.2) is 30.6 Å². The van der Waals surface area contributed by atoms with E-state index in [2.05, 4.69) is 0 Å². The maximum absolute atomic E-state index is 13.3. The van der Waals surface area contributed by atoms with Crippen molar-refractivity contribution in [2.24, 2.45) is 5.92 Å². The molecule has 43 heavy (non-hydrogen) atoms. The van der Waals surface area contributed by atoms with E-state index >= 15 is 0 Å². The Kier molecular flexibility index (Phi) is 8.29. The van der Waals surface area contributed by atoms with Crippen molar-refractivity contribution in [3.8, 4) is 34.5 Å². The average molecular weight is 587 g/mol. The predicted molar refractivity (Wildman–Crippen MR) is 159 cm³/mol. The first-order valence-corrected chi connectivity index (χ1v) is 13.7. The van der Waals surface area contributed by atoms with E-state index in [0.29, 0.717) is 24.0 Å². The Labute approximate surface area is 245 Å². The Morgan fingerprint density at radius 2 is 1.00 bits per heavy atom. The van der Waals surface area contributed by atoms with Gasteiger partial charge in [0.05, 0.1) is 11.1 Å². The van der Waals surface area contributed by atoms with Crippen LogP contribution in [0.1, 0.15) is 71.8 Å². The van der Waals surface area contributed by atoms with Crippen molar-refractivity contribution in [2.75, 3.05) is 0 Å². The molecule has 0 unspecified atom stereocenters. The number of benzene rings is 2. The van der Waals surface area contributed by atoms with E-state index in [-0.39, 0.29) is 51.6 Å². The molecule has 0 spiro atoms. The molecule has 222 valence electrons. The quantitative estimate of drug-likeness (QED) is 0.143. The van der Waals surface area contributed by atoms with Gasteiger partial charge in [0.2, 0.25) is 0 Å². The van der Waals surface area contributed by atoms with E-state index in [1.54, 1.807) is 0 Å². The number of aromatic hydroxyl groups is 6. The smallest absolute Gasteiger partial charge is 0.343 e. The number of hydrogen-bond donors (Lipinski definition) is 6. The van der Waals surface area contributed by atoms with Gasteiger partial charge in [-0.15, -0.1) is 0 Å². The van der Waals surface area contributed by atoms with E-state index in [4.69, 9.17) is 8.83 Å². The molecule has 1 aliphatic carbocycles. The summed E-state index contributed by atoms with van der Waals surface area (Å²) in [5.41, 5.74) is -1.06. The van der Waals surface area contributed by atoms with Gasteiger partial charge < -0.3 is 39.5 Å². The molecular formula is C33H30O10. The molecule has 0 amide bonds. The van der Waals surface area contributed by atoms with Gasteiger partial charge in [0.1, 0.15) is 23.0 Å². The molecule has 10 nitrogen and oxygen atoms in total. The largest absolute Gasteiger partial charge is 0.507 e. The average Bonchev–Trinajstić information content (AvgIpc) is 2.97. The van der Waals surface area contributed by atoms with Crippen LogP contribution >= 0.6 is 0 Å². The Morgan fingerprint density at radius 3 is 1.40 bits per heavy atom. The highest BCUT2D eigenvalue weighted by Crippen LogP contribution is 2.44. The van der Waals surface area contributed by atoms with E-state index in [0.717, 1.165) is 19.3 Å². The third-order valence-corrected chi connectivity index (χ3v) is 7.59. The summed E-state index contributed by atoms with van der Waals surface area (Å²) in [6, 6.07) is 10.8. The molecule has 0 saturated heterocycles. The van der Waals surface area contributed by atoms with Gasteiger partial charge in [-0.3, -0.25) is 0 Å². The van der Waals surface area contributed by atoms with Gasteiger partial charge >= 0.3 is 11.3 Å². The molecule has 6 N–H and O–H groups in total. The van der Waals surface area contributed by atoms with Crippen LogP contribution in [0.15, 0.2) is 67.0 Å². The summed E-state index contributed by atoms with van der Waals surface area (Å²) >= 11 is 0. The maximum atomic E-state index is 13.3. The van der Waals surface area contributed by atoms with Crippen molar-refractivity contribution in [1.82, 2.24) is 0 Å². The van der Waals surface area contributed by atoms with Crippen molar-refractivity contribution in [1.29, 1.82) is 0 Å². The normalized spacial score (nSPS) is 14.9. The van der Waals surface area contributed by atoms with Crippen molar-refractivity contribution >= 4 is 24.3 Å². The van der Waals surface area contributed by atoms with E-state index in [1.807, 2.05) is 0 Å². The first-order valence-electron chi connectivity index (χ1n) is 13.7. The number of rotatable bonds is 7. The van der Waals surface area contributed by atoms with Crippen molar-refractivity contribution in [3.05, 3.63) is 103 Å². The minimum Gasteiger partial charge on any atom is -0.507 e. The van der Waals surface area contributed by atoms with Gasteiger partial charge in [0.25, 0.3) is 0 Å². The summed E-state index contributed by atoms with van der Waals surface area (Å²) < 4.78 is 11.0. The summed E-state index contributed by atoms with van der Waals surface area (Å²) in [7, 11) is 0. The zero-order valence-electron chi connectivity index (χ0n) is 22.9. The van der Waals surface area contributed by atoms with Crippen LogP contribution in [0.2, 0.25) is 0 Å². The summed E-state index contributed by atoms with van der Waals surface area (Å²) in [5, 5.41) is 60.5. The van der Waals surface area contributed by atoms with Crippen LogP contribution < -0.4 is 11.3 Å². The molecule has 1 fully saturated rings. The van der Waals surface area contributed by atoms with Crippen molar-refractivity contribution in [3.63, 3.8) is 0 Å². The van der Waals surface area contributed by atoms with Crippen molar-refractivity contribution < 1.29 is 39.5 Å². The molecule has 0 atom stereocenters. The van der Waals surface area contributed by atoms with Gasteiger partial charge in [-0.05, 0) is 66.3 Å². The first-order chi connectivity index (χ1) is 20.6. The zero-order valence-corrected chi connectivity index (χ0v) is 22.9. The monoisotopic (exact) mass is 586 g/mol. The molecule has 0 radical (unpaired) electrons. The summed E-state index contributed by atoms with van der Waals surface area (Å²) in [5.74, 6) is -3.25. The third-order valence-electron chi connectivity index (χ3n) is 7.59. The first kappa shape index (κ1) is 29.1. The molecule has 5 rings (SSSR count). The Bertz CT molecular complexity index is 1700. The van der Waals surface area contributed by atoms with Gasteiger partial charge in [-0.25, -0.2) is 9.59 Å². The van der Waals surface area contributed by atoms with E-state index in [9.17, 15) is 40.2 Å². The molecular weight excluding hydrogens is 556 g/mol. The lowest BCUT2D eigenvalue weighted by Crippen LogP contribution is -2.27. The lowest BCUT2D eigenvalue weighted by molar-refractivity contribution is 0.302. The van der Waals surface area contributed by atoms with E-state index < -0.39 is 28.7 Å². The molecule has 1 aliphatic rings. The van der Waals surface area contributed by atoms with Gasteiger partial charge in [0.15, 0.2) is 23.0 Å². The fourth-order valence-electron chi connectivity index (χ4n) is 5.48. The SMILES string of the molecule is O=c1oc(C=Cc2ccc(O)c(O)c2)cc(O)c1C(c1c(O)cc(C=Cc2ccc(O)c(O)c2)oc1=O)C1CCCCC1. The second kappa shape index (κ2) is 12.2. The van der Waals surface area contributed by atoms with Crippen LogP contribution in [0.25, 0.3) is 24.3 Å². The van der Waals surface area contributed by atoms with Crippen molar-refractivity contribution in [2.45, 2.75) is 38.0 Å². The highest BCUT2D eigenvalue weighted by molar-refractivity contribution is 5.70. The van der Waals surface area contributed by atoms with Gasteiger partial charge in [-0.2, -0.15) is 0 Å². The highest BCUT2D eigenvalue weighted by Gasteiger charge is 2.36. The van der Waals surface area contributed by atoms with Gasteiger partial charge in [-0.1, -0.05) is 43.5 Å². The molecule has 2 aromatic heterocycles. The lowest BCUT2D eigenvalue weighted by atomic mass is 9.74. The van der Waals surface area contributed by atoms with Crippen LogP contribution in [0.3, 0.4) is 0 Å². The fourth-order valence-corrected chi connectivity index (χ4v) is 5.48. The molecule has 2 aromatic carbocycles. The lowest BCUT2D eigenvalue weighted by Gasteiger charge is -2.30. The molecule has 2 heterocycles. The van der Waals surface area contributed by atoms with Crippen LogP contribution in [0, 0.1) is 5.92 Å². The Hall–Kier alpha value is -5.38. The topological polar surface area (TPSA) is 182 Å². The molecule has 10 heteroatoms. The minimum atomic E-state index is -0.994. The third kappa shape index (κ3) is 6.43. The highest BCUT2D eigenvalue weighted by atomic mass is 16.4. The number of hydrogen-bond acceptors (Lipinski definition) is 10. The summed E-state index contributed by atoms with van der Waals surface area (Å²) in [6.07, 6.45) is 9.83. The van der Waals surface area contributed by atoms with Crippen LogP contribution in [0.4, 0.5) is 0 Å². The van der Waals surface area contributed by atoms with Gasteiger partial charge in [0, 0.05) is 18.1 Å². The molecule has 0 aliphatic heterocycles. The summed E-state index contributed by atoms with van der Waals surface area (Å²) in [6.45, 7) is 0. The second-order valence-electron chi connectivity index (χ2n) is 10.5. The zero-order chi connectivity index (χ0) is 30.7. The number of phenols is 4. The fraction of sp³-hybridized carbons (Fsp3) is 0.212. The Balaban J connectivity index is 1.52. The molecule has 0 bridgehead atoms. The maximum Gasteiger partial charge on any atom is 0.343 e. The molecule has 4 aromatic rings. The molecule has 1 saturated carbocycles. The number of phenolic OH excluding ortho intramolecular Hbond substituents is 4. The predicted octanol–water partition coefficient (Wildman–Crippen LogP) is 5.88. The minimum absolute atomic E-state index is 0.0122. The second-order valence-corrected chi connectivity index (χ2v) is 10.5. The van der Waals surface area contributed by atoms with Crippen LogP contribution in [-0.2, 0) is 0 Å².